The maximum atomic E-state index is 11.7. The van der Waals surface area contributed by atoms with Crippen molar-refractivity contribution in [1.82, 2.24) is 9.97 Å². The fraction of sp³-hybridized carbons (Fsp3) is 0. The van der Waals surface area contributed by atoms with Crippen molar-refractivity contribution >= 4 is 33.4 Å². The molecule has 1 aromatic carbocycles. The number of hydrogen-bond acceptors (Lipinski definition) is 5. The maximum Gasteiger partial charge on any atom is 0.328 e. The van der Waals surface area contributed by atoms with Crippen LogP contribution in [-0.4, -0.2) is 9.97 Å². The van der Waals surface area contributed by atoms with Gasteiger partial charge in [0.1, 0.15) is 5.39 Å². The minimum atomic E-state index is -0.640. The normalized spacial score (nSPS) is 11.3. The molecule has 3 rings (SSSR count). The lowest BCUT2D eigenvalue weighted by Crippen LogP contribution is -2.21. The SMILES string of the molecule is Nc1ccc(N)c2c1oc1[nH]c(=O)[nH]c(=O)c12. The molecule has 7 nitrogen and oxygen atoms in total. The highest BCUT2D eigenvalue weighted by molar-refractivity contribution is 6.12. The van der Waals surface area contributed by atoms with E-state index in [0.717, 1.165) is 0 Å². The Morgan fingerprint density at radius 2 is 1.71 bits per heavy atom. The van der Waals surface area contributed by atoms with Crippen molar-refractivity contribution in [3.05, 3.63) is 33.0 Å². The number of anilines is 2. The molecule has 0 unspecified atom stereocenters. The van der Waals surface area contributed by atoms with Crippen LogP contribution in [0.4, 0.5) is 11.4 Å². The van der Waals surface area contributed by atoms with Crippen LogP contribution in [0.25, 0.3) is 22.1 Å². The summed E-state index contributed by atoms with van der Waals surface area (Å²) in [6.07, 6.45) is 0. The number of nitrogen functional groups attached to an aromatic ring is 2. The Bertz CT molecular complexity index is 855. The second kappa shape index (κ2) is 2.91. The third-order valence-electron chi connectivity index (χ3n) is 2.58. The van der Waals surface area contributed by atoms with Crippen molar-refractivity contribution in [2.75, 3.05) is 11.5 Å². The van der Waals surface area contributed by atoms with Crippen LogP contribution in [0.1, 0.15) is 0 Å². The molecule has 0 fully saturated rings. The van der Waals surface area contributed by atoms with Crippen LogP contribution < -0.4 is 22.7 Å². The van der Waals surface area contributed by atoms with Crippen molar-refractivity contribution in [1.29, 1.82) is 0 Å². The van der Waals surface area contributed by atoms with Crippen LogP contribution in [0.15, 0.2) is 26.1 Å². The van der Waals surface area contributed by atoms with Crippen molar-refractivity contribution < 1.29 is 4.42 Å². The van der Waals surface area contributed by atoms with E-state index in [1.54, 1.807) is 12.1 Å². The molecule has 2 heterocycles. The van der Waals surface area contributed by atoms with Gasteiger partial charge >= 0.3 is 5.69 Å². The summed E-state index contributed by atoms with van der Waals surface area (Å²) in [4.78, 5) is 27.3. The molecule has 0 aliphatic heterocycles. The van der Waals surface area contributed by atoms with E-state index < -0.39 is 11.2 Å². The summed E-state index contributed by atoms with van der Waals surface area (Å²) in [7, 11) is 0. The maximum absolute atomic E-state index is 11.7. The molecule has 0 aliphatic rings. The van der Waals surface area contributed by atoms with Crippen LogP contribution in [-0.2, 0) is 0 Å². The average molecular weight is 232 g/mol. The van der Waals surface area contributed by atoms with Crippen molar-refractivity contribution in [3.8, 4) is 0 Å². The second-order valence-electron chi connectivity index (χ2n) is 3.66. The molecule has 0 radical (unpaired) electrons. The fourth-order valence-electron chi connectivity index (χ4n) is 1.85. The Kier molecular flexibility index (Phi) is 1.63. The molecule has 0 amide bonds. The Hall–Kier alpha value is -2.70. The van der Waals surface area contributed by atoms with Crippen molar-refractivity contribution in [2.45, 2.75) is 0 Å². The monoisotopic (exact) mass is 232 g/mol. The standard InChI is InChI=1S/C10H8N4O3/c11-3-1-2-4(12)7-5(3)6-8(15)13-10(16)14-9(6)17-7/h1-2H,11-12H2,(H2,13,14,15,16). The Labute approximate surface area is 93.0 Å². The highest BCUT2D eigenvalue weighted by atomic mass is 16.3. The molecule has 0 atom stereocenters. The molecule has 3 aromatic rings. The van der Waals surface area contributed by atoms with Gasteiger partial charge < -0.3 is 15.9 Å². The number of benzene rings is 1. The summed E-state index contributed by atoms with van der Waals surface area (Å²) in [5, 5.41) is 0.613. The minimum Gasteiger partial charge on any atom is -0.437 e. The van der Waals surface area contributed by atoms with E-state index in [1.807, 2.05) is 0 Å². The molecule has 86 valence electrons. The molecule has 0 saturated carbocycles. The molecule has 0 aliphatic carbocycles. The summed E-state index contributed by atoms with van der Waals surface area (Å²) in [6, 6.07) is 3.16. The highest BCUT2D eigenvalue weighted by Crippen LogP contribution is 2.32. The summed E-state index contributed by atoms with van der Waals surface area (Å²) >= 11 is 0. The van der Waals surface area contributed by atoms with E-state index in [-0.39, 0.29) is 11.1 Å². The zero-order valence-electron chi connectivity index (χ0n) is 8.53. The minimum absolute atomic E-state index is 0.0679. The van der Waals surface area contributed by atoms with Crippen LogP contribution in [0.2, 0.25) is 0 Å². The van der Waals surface area contributed by atoms with E-state index >= 15 is 0 Å². The lowest BCUT2D eigenvalue weighted by Gasteiger charge is -1.97. The molecule has 0 spiro atoms. The molecule has 0 bridgehead atoms. The van der Waals surface area contributed by atoms with Gasteiger partial charge in [-0.3, -0.25) is 14.8 Å². The molecule has 2 aromatic heterocycles. The van der Waals surface area contributed by atoms with E-state index in [1.165, 1.54) is 0 Å². The van der Waals surface area contributed by atoms with Crippen LogP contribution >= 0.6 is 0 Å². The molecule has 7 heteroatoms. The molecule has 17 heavy (non-hydrogen) atoms. The van der Waals surface area contributed by atoms with Gasteiger partial charge in [0.2, 0.25) is 5.71 Å². The van der Waals surface area contributed by atoms with Gasteiger partial charge in [0.25, 0.3) is 5.56 Å². The number of furan rings is 1. The Morgan fingerprint density at radius 1 is 1.00 bits per heavy atom. The van der Waals surface area contributed by atoms with E-state index in [4.69, 9.17) is 15.9 Å². The first-order chi connectivity index (χ1) is 8.08. The third kappa shape index (κ3) is 1.16. The number of hydrogen-bond donors (Lipinski definition) is 4. The van der Waals surface area contributed by atoms with Gasteiger partial charge in [-0.1, -0.05) is 0 Å². The summed E-state index contributed by atoms with van der Waals surface area (Å²) in [5.41, 5.74) is 11.4. The lowest BCUT2D eigenvalue weighted by molar-refractivity contribution is 0.651. The zero-order chi connectivity index (χ0) is 12.2. The molecule has 6 N–H and O–H groups in total. The van der Waals surface area contributed by atoms with Gasteiger partial charge in [-0.25, -0.2) is 4.79 Å². The molecular weight excluding hydrogens is 224 g/mol. The first kappa shape index (κ1) is 9.52. The number of fused-ring (bicyclic) bond motifs is 3. The predicted octanol–water partition coefficient (Wildman–Crippen LogP) is 0.127. The zero-order valence-corrected chi connectivity index (χ0v) is 8.53. The van der Waals surface area contributed by atoms with Crippen LogP contribution in [0.5, 0.6) is 0 Å². The topological polar surface area (TPSA) is 131 Å². The first-order valence-corrected chi connectivity index (χ1v) is 4.80. The Morgan fingerprint density at radius 3 is 2.47 bits per heavy atom. The fourth-order valence-corrected chi connectivity index (χ4v) is 1.85. The predicted molar refractivity (Wildman–Crippen MR) is 63.8 cm³/mol. The molecule has 0 saturated heterocycles. The first-order valence-electron chi connectivity index (χ1n) is 4.80. The van der Waals surface area contributed by atoms with Gasteiger partial charge in [0.15, 0.2) is 5.58 Å². The van der Waals surface area contributed by atoms with Gasteiger partial charge in [-0.15, -0.1) is 0 Å². The average Bonchev–Trinajstić information content (AvgIpc) is 2.64. The summed E-state index contributed by atoms with van der Waals surface area (Å²) < 4.78 is 5.35. The smallest absolute Gasteiger partial charge is 0.328 e. The van der Waals surface area contributed by atoms with Crippen molar-refractivity contribution in [2.24, 2.45) is 0 Å². The quantitative estimate of drug-likeness (QED) is 0.409. The number of aromatic amines is 2. The largest absolute Gasteiger partial charge is 0.437 e. The van der Waals surface area contributed by atoms with E-state index in [9.17, 15) is 9.59 Å². The molecular formula is C10H8N4O3. The van der Waals surface area contributed by atoms with E-state index in [0.29, 0.717) is 22.3 Å². The second-order valence-corrected chi connectivity index (χ2v) is 3.66. The highest BCUT2D eigenvalue weighted by Gasteiger charge is 2.15. The van der Waals surface area contributed by atoms with Gasteiger partial charge in [-0.05, 0) is 12.1 Å². The van der Waals surface area contributed by atoms with Crippen LogP contribution in [0.3, 0.4) is 0 Å². The lowest BCUT2D eigenvalue weighted by atomic mass is 10.1. The van der Waals surface area contributed by atoms with Gasteiger partial charge in [-0.2, -0.15) is 0 Å². The van der Waals surface area contributed by atoms with Gasteiger partial charge in [0.05, 0.1) is 11.1 Å². The Balaban J connectivity index is 2.75. The number of H-pyrrole nitrogens is 2. The number of aromatic nitrogens is 2. The van der Waals surface area contributed by atoms with Gasteiger partial charge in [0, 0.05) is 5.69 Å². The van der Waals surface area contributed by atoms with Crippen LogP contribution in [0, 0.1) is 0 Å². The van der Waals surface area contributed by atoms with Crippen molar-refractivity contribution in [3.63, 3.8) is 0 Å². The van der Waals surface area contributed by atoms with E-state index in [2.05, 4.69) is 9.97 Å². The third-order valence-corrected chi connectivity index (χ3v) is 2.58. The summed E-state index contributed by atoms with van der Waals surface area (Å²) in [6.45, 7) is 0. The number of nitrogens with one attached hydrogen (secondary N) is 2. The number of nitrogens with two attached hydrogens (primary N) is 2. The number of rotatable bonds is 0. The summed E-state index contributed by atoms with van der Waals surface area (Å²) in [5.74, 6) is 0.